The summed E-state index contributed by atoms with van der Waals surface area (Å²) < 4.78 is 26.5. The Kier molecular flexibility index (Phi) is 7.82. The first-order valence-corrected chi connectivity index (χ1v) is 11.7. The molecule has 0 spiro atoms. The van der Waals surface area contributed by atoms with Gasteiger partial charge in [-0.05, 0) is 55.5 Å². The van der Waals surface area contributed by atoms with Gasteiger partial charge in [0.05, 0.1) is 6.26 Å². The van der Waals surface area contributed by atoms with Crippen LogP contribution in [0.2, 0.25) is 0 Å². The lowest BCUT2D eigenvalue weighted by atomic mass is 10.1. The number of hydrogen-bond acceptors (Lipinski definition) is 4. The van der Waals surface area contributed by atoms with Crippen LogP contribution in [0.25, 0.3) is 0 Å². The van der Waals surface area contributed by atoms with Crippen LogP contribution in [-0.4, -0.2) is 43.1 Å². The number of carboxylic acid groups (broad SMARTS) is 1. The van der Waals surface area contributed by atoms with Gasteiger partial charge < -0.3 is 5.11 Å². The molecule has 1 heterocycles. The van der Waals surface area contributed by atoms with Crippen LogP contribution in [-0.2, 0) is 22.9 Å². The summed E-state index contributed by atoms with van der Waals surface area (Å²) >= 11 is 4.68. The molecule has 2 rings (SSSR count). The number of carboxylic acids is 1. The normalized spacial score (nSPS) is 11.8. The molecule has 8 heteroatoms. The molecular formula is C18H22BrNO4S2. The predicted octanol–water partition coefficient (Wildman–Crippen LogP) is 4.04. The summed E-state index contributed by atoms with van der Waals surface area (Å²) in [5.74, 6) is -0.924. The Hall–Kier alpha value is -1.22. The van der Waals surface area contributed by atoms with E-state index in [4.69, 9.17) is 5.11 Å². The van der Waals surface area contributed by atoms with Crippen molar-refractivity contribution in [1.29, 1.82) is 0 Å². The van der Waals surface area contributed by atoms with E-state index in [1.807, 2.05) is 24.3 Å². The molecular weight excluding hydrogens is 438 g/mol. The third-order valence-corrected chi connectivity index (χ3v) is 6.86. The van der Waals surface area contributed by atoms with Crippen molar-refractivity contribution >= 4 is 43.3 Å². The fraction of sp³-hybridized carbons (Fsp3) is 0.389. The molecule has 1 aromatic carbocycles. The van der Waals surface area contributed by atoms with Crippen LogP contribution in [0.5, 0.6) is 0 Å². The molecule has 0 fully saturated rings. The van der Waals surface area contributed by atoms with E-state index in [0.29, 0.717) is 30.8 Å². The zero-order valence-corrected chi connectivity index (χ0v) is 17.7. The fourth-order valence-electron chi connectivity index (χ4n) is 2.65. The van der Waals surface area contributed by atoms with Gasteiger partial charge in [-0.2, -0.15) is 0 Å². The largest absolute Gasteiger partial charge is 0.477 e. The number of sulfonamides is 1. The van der Waals surface area contributed by atoms with Gasteiger partial charge in [-0.25, -0.2) is 17.5 Å². The molecule has 1 aromatic heterocycles. The molecule has 0 radical (unpaired) electrons. The summed E-state index contributed by atoms with van der Waals surface area (Å²) in [7, 11) is -3.26. The molecule has 142 valence electrons. The average molecular weight is 460 g/mol. The lowest BCUT2D eigenvalue weighted by molar-refractivity contribution is 0.0702. The Morgan fingerprint density at radius 2 is 1.85 bits per heavy atom. The molecule has 2 aromatic rings. The van der Waals surface area contributed by atoms with Crippen molar-refractivity contribution in [3.05, 3.63) is 56.2 Å². The average Bonchev–Trinajstić information content (AvgIpc) is 3.02. The summed E-state index contributed by atoms with van der Waals surface area (Å²) in [6, 6.07) is 11.4. The van der Waals surface area contributed by atoms with Crippen LogP contribution in [0.3, 0.4) is 0 Å². The highest BCUT2D eigenvalue weighted by Crippen LogP contribution is 2.19. The molecule has 0 amide bonds. The highest BCUT2D eigenvalue weighted by molar-refractivity contribution is 9.10. The van der Waals surface area contributed by atoms with E-state index in [1.165, 1.54) is 27.5 Å². The minimum absolute atomic E-state index is 0.314. The zero-order valence-electron chi connectivity index (χ0n) is 14.5. The molecule has 26 heavy (non-hydrogen) atoms. The molecule has 1 N–H and O–H groups in total. The van der Waals surface area contributed by atoms with Gasteiger partial charge in [0.15, 0.2) is 0 Å². The van der Waals surface area contributed by atoms with Crippen LogP contribution in [0.15, 0.2) is 40.9 Å². The van der Waals surface area contributed by atoms with E-state index in [2.05, 4.69) is 15.9 Å². The highest BCUT2D eigenvalue weighted by Gasteiger charge is 2.16. The lowest BCUT2D eigenvalue weighted by Crippen LogP contribution is -2.32. The number of benzene rings is 1. The maximum Gasteiger partial charge on any atom is 0.345 e. The predicted molar refractivity (Wildman–Crippen MR) is 108 cm³/mol. The van der Waals surface area contributed by atoms with Crippen molar-refractivity contribution in [1.82, 2.24) is 4.31 Å². The van der Waals surface area contributed by atoms with E-state index in [9.17, 15) is 13.2 Å². The molecule has 0 atom stereocenters. The molecule has 0 aliphatic rings. The third-order valence-electron chi connectivity index (χ3n) is 3.93. The van der Waals surface area contributed by atoms with Gasteiger partial charge >= 0.3 is 5.97 Å². The van der Waals surface area contributed by atoms with Crippen molar-refractivity contribution in [2.45, 2.75) is 25.7 Å². The molecule has 0 saturated heterocycles. The summed E-state index contributed by atoms with van der Waals surface area (Å²) in [6.45, 7) is 0.924. The summed E-state index contributed by atoms with van der Waals surface area (Å²) in [4.78, 5) is 12.2. The van der Waals surface area contributed by atoms with Crippen molar-refractivity contribution in [2.75, 3.05) is 19.3 Å². The number of rotatable bonds is 10. The highest BCUT2D eigenvalue weighted by atomic mass is 79.9. The number of aryl methyl sites for hydroxylation is 2. The van der Waals surface area contributed by atoms with Crippen molar-refractivity contribution in [3.8, 4) is 0 Å². The Labute approximate surface area is 166 Å². The van der Waals surface area contributed by atoms with E-state index in [-0.39, 0.29) is 0 Å². The van der Waals surface area contributed by atoms with Gasteiger partial charge in [0.1, 0.15) is 4.88 Å². The van der Waals surface area contributed by atoms with Gasteiger partial charge in [0, 0.05) is 22.4 Å². The molecule has 0 aliphatic heterocycles. The first-order chi connectivity index (χ1) is 12.3. The summed E-state index contributed by atoms with van der Waals surface area (Å²) in [5.41, 5.74) is 1.17. The van der Waals surface area contributed by atoms with E-state index >= 15 is 0 Å². The molecule has 5 nitrogen and oxygen atoms in total. The molecule has 0 saturated carbocycles. The second-order valence-electron chi connectivity index (χ2n) is 6.07. The number of nitrogens with zero attached hydrogens (tertiary/aromatic N) is 1. The maximum absolute atomic E-state index is 12.0. The molecule has 0 bridgehead atoms. The van der Waals surface area contributed by atoms with Gasteiger partial charge in [-0.1, -0.05) is 28.1 Å². The number of thiophene rings is 1. The third kappa shape index (κ3) is 6.83. The van der Waals surface area contributed by atoms with Crippen LogP contribution in [0.4, 0.5) is 0 Å². The summed E-state index contributed by atoms with van der Waals surface area (Å²) in [5, 5.41) is 8.95. The standard InChI is InChI=1S/C18H22BrNO4S2/c1-26(23,24)20(11-3-6-14-5-2-7-15(19)13-14)12-4-8-16-9-10-17(25-16)18(21)22/h2,5,7,9-10,13H,3-4,6,8,11-12H2,1H3,(H,21,22). The smallest absolute Gasteiger partial charge is 0.345 e. The fourth-order valence-corrected chi connectivity index (χ4v) is 4.91. The topological polar surface area (TPSA) is 74.7 Å². The number of aromatic carboxylic acids is 1. The molecule has 0 unspecified atom stereocenters. The lowest BCUT2D eigenvalue weighted by Gasteiger charge is -2.19. The first kappa shape index (κ1) is 21.1. The second-order valence-corrected chi connectivity index (χ2v) is 10.1. The zero-order chi connectivity index (χ0) is 19.2. The quantitative estimate of drug-likeness (QED) is 0.581. The Balaban J connectivity index is 1.84. The van der Waals surface area contributed by atoms with E-state index < -0.39 is 16.0 Å². The van der Waals surface area contributed by atoms with Crippen molar-refractivity contribution in [2.24, 2.45) is 0 Å². The van der Waals surface area contributed by atoms with Crippen LogP contribution in [0, 0.1) is 0 Å². The van der Waals surface area contributed by atoms with Gasteiger partial charge in [-0.15, -0.1) is 11.3 Å². The first-order valence-electron chi connectivity index (χ1n) is 8.27. The maximum atomic E-state index is 12.0. The Morgan fingerprint density at radius 1 is 1.15 bits per heavy atom. The van der Waals surface area contributed by atoms with E-state index in [0.717, 1.165) is 22.2 Å². The SMILES string of the molecule is CS(=O)(=O)N(CCCc1cccc(Br)c1)CCCc1ccc(C(=O)O)s1. The Bertz CT molecular complexity index is 848. The van der Waals surface area contributed by atoms with Crippen LogP contribution in [0.1, 0.15) is 33.0 Å². The van der Waals surface area contributed by atoms with Crippen molar-refractivity contribution in [3.63, 3.8) is 0 Å². The number of hydrogen-bond donors (Lipinski definition) is 1. The van der Waals surface area contributed by atoms with Crippen LogP contribution >= 0.6 is 27.3 Å². The Morgan fingerprint density at radius 3 is 2.42 bits per heavy atom. The van der Waals surface area contributed by atoms with Crippen LogP contribution < -0.4 is 0 Å². The van der Waals surface area contributed by atoms with E-state index in [1.54, 1.807) is 12.1 Å². The number of carbonyl (C=O) groups is 1. The minimum atomic E-state index is -3.26. The monoisotopic (exact) mass is 459 g/mol. The van der Waals surface area contributed by atoms with Gasteiger partial charge in [0.25, 0.3) is 0 Å². The van der Waals surface area contributed by atoms with Gasteiger partial charge in [0.2, 0.25) is 10.0 Å². The number of halogens is 1. The minimum Gasteiger partial charge on any atom is -0.477 e. The van der Waals surface area contributed by atoms with Gasteiger partial charge in [-0.3, -0.25) is 0 Å². The summed E-state index contributed by atoms with van der Waals surface area (Å²) in [6.07, 6.45) is 4.16. The van der Waals surface area contributed by atoms with Crippen molar-refractivity contribution < 1.29 is 18.3 Å². The second kappa shape index (κ2) is 9.64. The molecule has 0 aliphatic carbocycles.